The Morgan fingerprint density at radius 1 is 0.912 bits per heavy atom. The van der Waals surface area contributed by atoms with Crippen molar-refractivity contribution in [3.8, 4) is 11.5 Å². The van der Waals surface area contributed by atoms with E-state index in [9.17, 15) is 14.4 Å². The Labute approximate surface area is 196 Å². The van der Waals surface area contributed by atoms with Crippen molar-refractivity contribution in [2.24, 2.45) is 0 Å². The van der Waals surface area contributed by atoms with E-state index in [4.69, 9.17) is 9.47 Å². The van der Waals surface area contributed by atoms with Crippen LogP contribution < -0.4 is 20.1 Å². The summed E-state index contributed by atoms with van der Waals surface area (Å²) in [6, 6.07) is 23.4. The summed E-state index contributed by atoms with van der Waals surface area (Å²) >= 11 is 0. The van der Waals surface area contributed by atoms with Crippen molar-refractivity contribution in [2.45, 2.75) is 18.5 Å². The number of urea groups is 1. The zero-order valence-electron chi connectivity index (χ0n) is 18.3. The van der Waals surface area contributed by atoms with Gasteiger partial charge in [-0.2, -0.15) is 0 Å². The molecule has 2 heterocycles. The van der Waals surface area contributed by atoms with E-state index in [1.54, 1.807) is 12.1 Å². The van der Waals surface area contributed by atoms with Crippen LogP contribution in [-0.2, 0) is 28.1 Å². The molecule has 0 spiro atoms. The molecular formula is C26H23N3O5. The van der Waals surface area contributed by atoms with Gasteiger partial charge < -0.3 is 20.1 Å². The third-order valence-corrected chi connectivity index (χ3v) is 5.98. The number of benzene rings is 3. The summed E-state index contributed by atoms with van der Waals surface area (Å²) in [6.45, 7) is 0.0228. The summed E-state index contributed by atoms with van der Waals surface area (Å²) in [5.41, 5.74) is 1.10. The van der Waals surface area contributed by atoms with Gasteiger partial charge in [0.2, 0.25) is 12.7 Å². The van der Waals surface area contributed by atoms with Gasteiger partial charge in [-0.15, -0.1) is 0 Å². The van der Waals surface area contributed by atoms with Crippen LogP contribution in [0, 0.1) is 0 Å². The molecule has 0 aliphatic carbocycles. The van der Waals surface area contributed by atoms with Crippen LogP contribution in [0.3, 0.4) is 0 Å². The Bertz CT molecular complexity index is 1230. The molecule has 0 saturated carbocycles. The number of amides is 4. The SMILES string of the molecule is O=C(CN1C(=O)NC(Cc2ccccc2)(c2ccccc2)C1=O)NCc1ccc2c(c1)OCO2. The second-order valence-corrected chi connectivity index (χ2v) is 8.22. The molecule has 1 fully saturated rings. The lowest BCUT2D eigenvalue weighted by atomic mass is 9.83. The lowest BCUT2D eigenvalue weighted by Crippen LogP contribution is -2.46. The van der Waals surface area contributed by atoms with Crippen LogP contribution in [-0.4, -0.2) is 36.1 Å². The van der Waals surface area contributed by atoms with E-state index in [0.717, 1.165) is 16.0 Å². The highest BCUT2D eigenvalue weighted by Gasteiger charge is 2.52. The fraction of sp³-hybridized carbons (Fsp3) is 0.192. The van der Waals surface area contributed by atoms with E-state index >= 15 is 0 Å². The van der Waals surface area contributed by atoms with Gasteiger partial charge in [0.1, 0.15) is 6.54 Å². The molecule has 34 heavy (non-hydrogen) atoms. The number of imide groups is 1. The summed E-state index contributed by atoms with van der Waals surface area (Å²) in [5.74, 6) is 0.384. The molecule has 2 aliphatic heterocycles. The van der Waals surface area contributed by atoms with Gasteiger partial charge in [-0.05, 0) is 28.8 Å². The third-order valence-electron chi connectivity index (χ3n) is 5.98. The van der Waals surface area contributed by atoms with Crippen LogP contribution in [0.2, 0.25) is 0 Å². The Kier molecular flexibility index (Phi) is 5.63. The van der Waals surface area contributed by atoms with E-state index in [-0.39, 0.29) is 26.3 Å². The van der Waals surface area contributed by atoms with Crippen LogP contribution in [0.1, 0.15) is 16.7 Å². The summed E-state index contributed by atoms with van der Waals surface area (Å²) in [6.07, 6.45) is 0.276. The van der Waals surface area contributed by atoms with Crippen LogP contribution in [0.4, 0.5) is 4.79 Å². The van der Waals surface area contributed by atoms with Gasteiger partial charge in [-0.3, -0.25) is 14.5 Å². The molecule has 0 radical (unpaired) electrons. The fourth-order valence-electron chi connectivity index (χ4n) is 4.26. The molecule has 8 heteroatoms. The molecule has 8 nitrogen and oxygen atoms in total. The molecule has 3 aromatic carbocycles. The predicted molar refractivity (Wildman–Crippen MR) is 123 cm³/mol. The van der Waals surface area contributed by atoms with Crippen LogP contribution >= 0.6 is 0 Å². The standard InChI is InChI=1S/C26H23N3O5/c30-23(27-15-19-11-12-21-22(13-19)34-17-33-21)16-29-24(31)26(28-25(29)32,20-9-5-2-6-10-20)14-18-7-3-1-4-8-18/h1-13H,14-17H2,(H,27,30)(H,28,32). The summed E-state index contributed by atoms with van der Waals surface area (Å²) in [7, 11) is 0. The highest BCUT2D eigenvalue weighted by molar-refractivity contribution is 6.09. The van der Waals surface area contributed by atoms with Crippen molar-refractivity contribution >= 4 is 17.8 Å². The Balaban J connectivity index is 1.32. The summed E-state index contributed by atoms with van der Waals surface area (Å²) < 4.78 is 10.6. The molecule has 1 atom stereocenters. The topological polar surface area (TPSA) is 97.0 Å². The summed E-state index contributed by atoms with van der Waals surface area (Å²) in [4.78, 5) is 40.1. The Morgan fingerprint density at radius 2 is 1.62 bits per heavy atom. The van der Waals surface area contributed by atoms with Crippen molar-refractivity contribution in [1.82, 2.24) is 15.5 Å². The van der Waals surface area contributed by atoms with Gasteiger partial charge in [-0.25, -0.2) is 4.79 Å². The van der Waals surface area contributed by atoms with Crippen LogP contribution in [0.5, 0.6) is 11.5 Å². The second-order valence-electron chi connectivity index (χ2n) is 8.22. The number of nitrogens with zero attached hydrogens (tertiary/aromatic N) is 1. The monoisotopic (exact) mass is 457 g/mol. The first-order chi connectivity index (χ1) is 16.5. The van der Waals surface area contributed by atoms with Gasteiger partial charge >= 0.3 is 6.03 Å². The Morgan fingerprint density at radius 3 is 2.38 bits per heavy atom. The maximum absolute atomic E-state index is 13.6. The number of hydrogen-bond acceptors (Lipinski definition) is 5. The Hall–Kier alpha value is -4.33. The largest absolute Gasteiger partial charge is 0.454 e. The molecule has 2 N–H and O–H groups in total. The average Bonchev–Trinajstić information content (AvgIpc) is 3.42. The van der Waals surface area contributed by atoms with E-state index in [2.05, 4.69) is 10.6 Å². The molecule has 0 bridgehead atoms. The van der Waals surface area contributed by atoms with E-state index in [1.165, 1.54) is 0 Å². The van der Waals surface area contributed by atoms with E-state index in [0.29, 0.717) is 17.1 Å². The molecule has 5 rings (SSSR count). The molecule has 3 aromatic rings. The lowest BCUT2D eigenvalue weighted by Gasteiger charge is -2.27. The third kappa shape index (κ3) is 4.05. The first kappa shape index (κ1) is 21.5. The molecule has 1 unspecified atom stereocenters. The number of carbonyl (C=O) groups is 3. The minimum atomic E-state index is -1.28. The summed E-state index contributed by atoms with van der Waals surface area (Å²) in [5, 5.41) is 5.63. The normalized spacial score (nSPS) is 18.6. The van der Waals surface area contributed by atoms with Crippen molar-refractivity contribution in [2.75, 3.05) is 13.3 Å². The predicted octanol–water partition coefficient (Wildman–Crippen LogP) is 2.72. The number of hydrogen-bond donors (Lipinski definition) is 2. The van der Waals surface area contributed by atoms with Crippen molar-refractivity contribution in [3.05, 3.63) is 95.6 Å². The van der Waals surface area contributed by atoms with E-state index < -0.39 is 23.4 Å². The number of fused-ring (bicyclic) bond motifs is 1. The molecule has 1 saturated heterocycles. The van der Waals surface area contributed by atoms with Gasteiger partial charge in [-0.1, -0.05) is 66.7 Å². The van der Waals surface area contributed by atoms with E-state index in [1.807, 2.05) is 66.7 Å². The second kappa shape index (κ2) is 8.90. The maximum Gasteiger partial charge on any atom is 0.325 e. The molecule has 0 aromatic heterocycles. The smallest absolute Gasteiger partial charge is 0.325 e. The van der Waals surface area contributed by atoms with Crippen molar-refractivity contribution < 1.29 is 23.9 Å². The van der Waals surface area contributed by atoms with Crippen molar-refractivity contribution in [1.29, 1.82) is 0 Å². The van der Waals surface area contributed by atoms with Crippen molar-refractivity contribution in [3.63, 3.8) is 0 Å². The molecule has 172 valence electrons. The first-order valence-electron chi connectivity index (χ1n) is 10.9. The highest BCUT2D eigenvalue weighted by atomic mass is 16.7. The maximum atomic E-state index is 13.6. The first-order valence-corrected chi connectivity index (χ1v) is 10.9. The van der Waals surface area contributed by atoms with Crippen LogP contribution in [0.25, 0.3) is 0 Å². The quantitative estimate of drug-likeness (QED) is 0.532. The molecular weight excluding hydrogens is 434 g/mol. The van der Waals surface area contributed by atoms with Gasteiger partial charge in [0, 0.05) is 13.0 Å². The fourth-order valence-corrected chi connectivity index (χ4v) is 4.26. The van der Waals surface area contributed by atoms with Gasteiger partial charge in [0.15, 0.2) is 17.0 Å². The average molecular weight is 457 g/mol. The number of carbonyl (C=O) groups excluding carboxylic acids is 3. The number of ether oxygens (including phenoxy) is 2. The zero-order valence-corrected chi connectivity index (χ0v) is 18.3. The lowest BCUT2D eigenvalue weighted by molar-refractivity contribution is -0.135. The van der Waals surface area contributed by atoms with Gasteiger partial charge in [0.25, 0.3) is 5.91 Å². The minimum absolute atomic E-state index is 0.170. The molecule has 2 aliphatic rings. The molecule has 4 amide bonds. The van der Waals surface area contributed by atoms with Crippen LogP contribution in [0.15, 0.2) is 78.9 Å². The van der Waals surface area contributed by atoms with Gasteiger partial charge in [0.05, 0.1) is 0 Å². The number of rotatable bonds is 7. The zero-order chi connectivity index (χ0) is 23.5. The highest BCUT2D eigenvalue weighted by Crippen LogP contribution is 2.34. The number of nitrogens with one attached hydrogen (secondary N) is 2. The minimum Gasteiger partial charge on any atom is -0.454 e.